The molecule has 0 bridgehead atoms. The third-order valence-corrected chi connectivity index (χ3v) is 4.88. The van der Waals surface area contributed by atoms with Gasteiger partial charge in [0.1, 0.15) is 6.54 Å². The van der Waals surface area contributed by atoms with Crippen molar-refractivity contribution in [1.29, 1.82) is 0 Å². The van der Waals surface area contributed by atoms with Gasteiger partial charge in [0, 0.05) is 29.5 Å². The van der Waals surface area contributed by atoms with Crippen molar-refractivity contribution in [3.63, 3.8) is 0 Å². The van der Waals surface area contributed by atoms with Gasteiger partial charge in [-0.25, -0.2) is 4.99 Å². The number of nitrogens with one attached hydrogen (secondary N) is 3. The number of halogens is 2. The molecule has 5 nitrogen and oxygen atoms in total. The second-order valence-corrected chi connectivity index (χ2v) is 7.01. The number of benzene rings is 1. The zero-order valence-electron chi connectivity index (χ0n) is 14.9. The van der Waals surface area contributed by atoms with Crippen LogP contribution in [-0.2, 0) is 10.2 Å². The lowest BCUT2D eigenvalue weighted by Crippen LogP contribution is -2.42. The first-order valence-corrected chi connectivity index (χ1v) is 9.44. The van der Waals surface area contributed by atoms with Crippen molar-refractivity contribution in [2.24, 2.45) is 4.99 Å². The van der Waals surface area contributed by atoms with Gasteiger partial charge in [-0.05, 0) is 37.8 Å². The van der Waals surface area contributed by atoms with Crippen LogP contribution < -0.4 is 16.0 Å². The molecule has 1 aromatic rings. The van der Waals surface area contributed by atoms with Crippen molar-refractivity contribution in [1.82, 2.24) is 16.0 Å². The molecule has 0 spiro atoms. The lowest BCUT2D eigenvalue weighted by molar-refractivity contribution is -0.119. The van der Waals surface area contributed by atoms with Gasteiger partial charge in [0.25, 0.3) is 0 Å². The Hall–Kier alpha value is -0.830. The first kappa shape index (κ1) is 22.2. The number of nitrogens with zero attached hydrogens (tertiary/aromatic N) is 1. The Morgan fingerprint density at radius 2 is 1.92 bits per heavy atom. The number of aliphatic imine (C=N–C) groups is 1. The Kier molecular flexibility index (Phi) is 9.78. The van der Waals surface area contributed by atoms with Crippen LogP contribution in [0.15, 0.2) is 33.7 Å². The molecule has 1 aliphatic carbocycles. The van der Waals surface area contributed by atoms with Gasteiger partial charge in [-0.2, -0.15) is 0 Å². The molecular formula is C18H28BrIN4O. The number of rotatable bonds is 8. The van der Waals surface area contributed by atoms with E-state index in [1.165, 1.54) is 18.4 Å². The Morgan fingerprint density at radius 1 is 1.20 bits per heavy atom. The summed E-state index contributed by atoms with van der Waals surface area (Å²) >= 11 is 3.66. The maximum absolute atomic E-state index is 11.7. The van der Waals surface area contributed by atoms with Crippen molar-refractivity contribution in [3.05, 3.63) is 34.3 Å². The summed E-state index contributed by atoms with van der Waals surface area (Å²) in [4.78, 5) is 16.1. The lowest BCUT2D eigenvalue weighted by Gasteiger charge is -2.20. The van der Waals surface area contributed by atoms with Gasteiger partial charge in [-0.15, -0.1) is 24.0 Å². The van der Waals surface area contributed by atoms with Gasteiger partial charge in [0.15, 0.2) is 5.96 Å². The van der Waals surface area contributed by atoms with E-state index in [0.717, 1.165) is 24.0 Å². The van der Waals surface area contributed by atoms with E-state index in [2.05, 4.69) is 55.1 Å². The predicted molar refractivity (Wildman–Crippen MR) is 118 cm³/mol. The van der Waals surface area contributed by atoms with Crippen molar-refractivity contribution in [2.45, 2.75) is 38.5 Å². The smallest absolute Gasteiger partial charge is 0.241 e. The molecular weight excluding hydrogens is 495 g/mol. The second-order valence-electron chi connectivity index (χ2n) is 6.16. The maximum atomic E-state index is 11.7. The third-order valence-electron chi connectivity index (χ3n) is 4.19. The van der Waals surface area contributed by atoms with E-state index in [0.29, 0.717) is 12.5 Å². The van der Waals surface area contributed by atoms with Crippen molar-refractivity contribution in [3.8, 4) is 0 Å². The predicted octanol–water partition coefficient (Wildman–Crippen LogP) is 3.18. The molecule has 1 aromatic carbocycles. The average molecular weight is 523 g/mol. The van der Waals surface area contributed by atoms with Gasteiger partial charge in [-0.3, -0.25) is 4.79 Å². The highest BCUT2D eigenvalue weighted by atomic mass is 127. The molecule has 2 rings (SSSR count). The average Bonchev–Trinajstić information content (AvgIpc) is 3.37. The summed E-state index contributed by atoms with van der Waals surface area (Å²) < 4.78 is 1.16. The topological polar surface area (TPSA) is 65.5 Å². The number of hydrogen-bond acceptors (Lipinski definition) is 2. The van der Waals surface area contributed by atoms with Crippen LogP contribution in [0.2, 0.25) is 0 Å². The highest BCUT2D eigenvalue weighted by Gasteiger charge is 2.45. The Morgan fingerprint density at radius 3 is 2.52 bits per heavy atom. The van der Waals surface area contributed by atoms with E-state index in [1.807, 2.05) is 19.9 Å². The number of amides is 1. The van der Waals surface area contributed by atoms with E-state index in [1.54, 1.807) is 0 Å². The summed E-state index contributed by atoms with van der Waals surface area (Å²) in [6, 6.07) is 8.39. The fourth-order valence-electron chi connectivity index (χ4n) is 2.65. The van der Waals surface area contributed by atoms with E-state index in [9.17, 15) is 4.79 Å². The van der Waals surface area contributed by atoms with Crippen LogP contribution in [0.25, 0.3) is 0 Å². The minimum atomic E-state index is -0.0407. The standard InChI is InChI=1S/C18H27BrN4O.HI/c1-3-11-21-16(24)12-22-17(20-4-2)23-13-18(9-10-18)14-7-5-6-8-15(14)19;/h5-8H,3-4,9-13H2,1-2H3,(H,21,24)(H2,20,22,23);1H. The summed E-state index contributed by atoms with van der Waals surface area (Å²) in [5.41, 5.74) is 1.51. The largest absolute Gasteiger partial charge is 0.357 e. The SMILES string of the molecule is CCCNC(=O)CN=C(NCC)NCC1(c2ccccc2Br)CC1.I. The van der Waals surface area contributed by atoms with Crippen LogP contribution in [0.1, 0.15) is 38.7 Å². The summed E-state index contributed by atoms with van der Waals surface area (Å²) in [7, 11) is 0. The van der Waals surface area contributed by atoms with Gasteiger partial charge in [0.05, 0.1) is 0 Å². The fourth-order valence-corrected chi connectivity index (χ4v) is 3.35. The quantitative estimate of drug-likeness (QED) is 0.279. The van der Waals surface area contributed by atoms with E-state index in [-0.39, 0.29) is 41.8 Å². The first-order valence-electron chi connectivity index (χ1n) is 8.65. The van der Waals surface area contributed by atoms with Gasteiger partial charge < -0.3 is 16.0 Å². The lowest BCUT2D eigenvalue weighted by atomic mass is 9.96. The van der Waals surface area contributed by atoms with E-state index in [4.69, 9.17) is 0 Å². The minimum absolute atomic E-state index is 0. The zero-order chi connectivity index (χ0) is 17.4. The fraction of sp³-hybridized carbons (Fsp3) is 0.556. The third kappa shape index (κ3) is 6.77. The van der Waals surface area contributed by atoms with Crippen LogP contribution in [0.4, 0.5) is 0 Å². The molecule has 1 saturated carbocycles. The van der Waals surface area contributed by atoms with Crippen LogP contribution in [0.5, 0.6) is 0 Å². The molecule has 3 N–H and O–H groups in total. The normalized spacial score (nSPS) is 15.1. The maximum Gasteiger partial charge on any atom is 0.241 e. The molecule has 7 heteroatoms. The molecule has 0 atom stereocenters. The van der Waals surface area contributed by atoms with Gasteiger partial charge >= 0.3 is 0 Å². The Balaban J connectivity index is 0.00000312. The monoisotopic (exact) mass is 522 g/mol. The second kappa shape index (κ2) is 11.0. The molecule has 0 aromatic heterocycles. The number of guanidine groups is 1. The zero-order valence-corrected chi connectivity index (χ0v) is 18.8. The van der Waals surface area contributed by atoms with Crippen LogP contribution in [0, 0.1) is 0 Å². The van der Waals surface area contributed by atoms with E-state index >= 15 is 0 Å². The van der Waals surface area contributed by atoms with Crippen molar-refractivity contribution < 1.29 is 4.79 Å². The molecule has 25 heavy (non-hydrogen) atoms. The molecule has 0 saturated heterocycles. The van der Waals surface area contributed by atoms with Crippen LogP contribution >= 0.6 is 39.9 Å². The van der Waals surface area contributed by atoms with Crippen molar-refractivity contribution >= 4 is 51.8 Å². The van der Waals surface area contributed by atoms with Crippen molar-refractivity contribution in [2.75, 3.05) is 26.2 Å². The summed E-state index contributed by atoms with van der Waals surface area (Å²) in [5.74, 6) is 0.656. The highest BCUT2D eigenvalue weighted by molar-refractivity contribution is 14.0. The molecule has 1 amide bonds. The summed E-state index contributed by atoms with van der Waals surface area (Å²) in [6.45, 7) is 6.49. The van der Waals surface area contributed by atoms with Crippen LogP contribution in [0.3, 0.4) is 0 Å². The highest BCUT2D eigenvalue weighted by Crippen LogP contribution is 2.49. The molecule has 1 aliphatic rings. The molecule has 0 radical (unpaired) electrons. The molecule has 1 fully saturated rings. The Labute approximate surface area is 176 Å². The molecule has 140 valence electrons. The summed E-state index contributed by atoms with van der Waals surface area (Å²) in [5, 5.41) is 9.45. The molecule has 0 aliphatic heterocycles. The molecule has 0 heterocycles. The number of hydrogen-bond donors (Lipinski definition) is 3. The van der Waals surface area contributed by atoms with E-state index < -0.39 is 0 Å². The minimum Gasteiger partial charge on any atom is -0.357 e. The van der Waals surface area contributed by atoms with Gasteiger partial charge in [-0.1, -0.05) is 41.1 Å². The number of carbonyl (C=O) groups is 1. The van der Waals surface area contributed by atoms with Gasteiger partial charge in [0.2, 0.25) is 5.91 Å². The molecule has 0 unspecified atom stereocenters. The number of carbonyl (C=O) groups excluding carboxylic acids is 1. The summed E-state index contributed by atoms with van der Waals surface area (Å²) in [6.07, 6.45) is 3.26. The first-order chi connectivity index (χ1) is 11.6. The Bertz CT molecular complexity index is 590. The van der Waals surface area contributed by atoms with Crippen LogP contribution in [-0.4, -0.2) is 38.0 Å².